The molecule has 2 rings (SSSR count). The average molecular weight is 400 g/mol. The molecule has 0 bridgehead atoms. The second-order valence-corrected chi connectivity index (χ2v) is 6.29. The number of methoxy groups -OCH3 is 1. The van der Waals surface area contributed by atoms with Gasteiger partial charge in [-0.2, -0.15) is 8.78 Å². The molecule has 1 saturated heterocycles. The summed E-state index contributed by atoms with van der Waals surface area (Å²) in [6.07, 6.45) is 0.999. The van der Waals surface area contributed by atoms with Gasteiger partial charge in [0, 0.05) is 26.2 Å². The lowest BCUT2D eigenvalue weighted by Gasteiger charge is -2.26. The standard InChI is InChI=1S/C19H30F2N4O3/c1-3-22-19(23-7-4-8-25-9-11-27-12-10-25)24-14-15-5-6-16(26-2)17(13-15)28-18(20)21/h5-6,13,18H,3-4,7-12,14H2,1-2H3,(H2,22,23,24). The first-order chi connectivity index (χ1) is 13.6. The minimum absolute atomic E-state index is 0.00803. The van der Waals surface area contributed by atoms with E-state index >= 15 is 0 Å². The third-order valence-electron chi connectivity index (χ3n) is 4.26. The summed E-state index contributed by atoms with van der Waals surface area (Å²) in [5, 5.41) is 6.49. The van der Waals surface area contributed by atoms with E-state index in [1.807, 2.05) is 6.92 Å². The topological polar surface area (TPSA) is 67.4 Å². The molecule has 0 radical (unpaired) electrons. The smallest absolute Gasteiger partial charge is 0.387 e. The zero-order valence-electron chi connectivity index (χ0n) is 16.5. The Morgan fingerprint density at radius 3 is 2.71 bits per heavy atom. The lowest BCUT2D eigenvalue weighted by atomic mass is 10.2. The molecule has 1 heterocycles. The SMILES string of the molecule is CCNC(=NCc1ccc(OC)c(OC(F)F)c1)NCCCN1CCOCC1. The maximum Gasteiger partial charge on any atom is 0.387 e. The van der Waals surface area contributed by atoms with Crippen molar-refractivity contribution in [2.75, 3.05) is 53.0 Å². The predicted octanol–water partition coefficient (Wildman–Crippen LogP) is 2.07. The van der Waals surface area contributed by atoms with Gasteiger partial charge in [0.15, 0.2) is 17.5 Å². The van der Waals surface area contributed by atoms with Crippen LogP contribution in [-0.4, -0.2) is 70.5 Å². The van der Waals surface area contributed by atoms with Gasteiger partial charge in [-0.05, 0) is 37.6 Å². The Kier molecular flexibility index (Phi) is 9.78. The molecular formula is C19H30F2N4O3. The minimum atomic E-state index is -2.90. The molecular weight excluding hydrogens is 370 g/mol. The van der Waals surface area contributed by atoms with Gasteiger partial charge in [-0.3, -0.25) is 4.90 Å². The quantitative estimate of drug-likeness (QED) is 0.356. The molecule has 158 valence electrons. The van der Waals surface area contributed by atoms with Gasteiger partial charge in [-0.25, -0.2) is 4.99 Å². The Bertz CT molecular complexity index is 611. The van der Waals surface area contributed by atoms with E-state index in [1.165, 1.54) is 13.2 Å². The van der Waals surface area contributed by atoms with Gasteiger partial charge in [0.2, 0.25) is 0 Å². The van der Waals surface area contributed by atoms with Crippen LogP contribution in [0.3, 0.4) is 0 Å². The highest BCUT2D eigenvalue weighted by atomic mass is 19.3. The van der Waals surface area contributed by atoms with Crippen LogP contribution in [0.2, 0.25) is 0 Å². The maximum absolute atomic E-state index is 12.6. The second kappa shape index (κ2) is 12.4. The zero-order valence-corrected chi connectivity index (χ0v) is 16.5. The van der Waals surface area contributed by atoms with Crippen molar-refractivity contribution in [1.82, 2.24) is 15.5 Å². The Hall–Kier alpha value is -2.13. The van der Waals surface area contributed by atoms with Gasteiger partial charge in [0.1, 0.15) is 0 Å². The Labute approximate surface area is 165 Å². The third kappa shape index (κ3) is 7.85. The Balaban J connectivity index is 1.86. The van der Waals surface area contributed by atoms with Gasteiger partial charge in [-0.15, -0.1) is 0 Å². The van der Waals surface area contributed by atoms with Crippen LogP contribution in [-0.2, 0) is 11.3 Å². The van der Waals surface area contributed by atoms with Crippen LogP contribution in [0.4, 0.5) is 8.78 Å². The highest BCUT2D eigenvalue weighted by molar-refractivity contribution is 5.79. The van der Waals surface area contributed by atoms with Gasteiger partial charge in [0.05, 0.1) is 26.9 Å². The minimum Gasteiger partial charge on any atom is -0.493 e. The summed E-state index contributed by atoms with van der Waals surface area (Å²) in [5.41, 5.74) is 0.752. The van der Waals surface area contributed by atoms with Gasteiger partial charge < -0.3 is 24.8 Å². The van der Waals surface area contributed by atoms with E-state index in [0.717, 1.165) is 57.9 Å². The molecule has 1 aliphatic heterocycles. The number of rotatable bonds is 10. The summed E-state index contributed by atoms with van der Waals surface area (Å²) in [6.45, 7) is 5.54. The molecule has 0 saturated carbocycles. The van der Waals surface area contributed by atoms with Crippen LogP contribution in [0.25, 0.3) is 0 Å². The third-order valence-corrected chi connectivity index (χ3v) is 4.26. The summed E-state index contributed by atoms with van der Waals surface area (Å²) >= 11 is 0. The number of morpholine rings is 1. The van der Waals surface area contributed by atoms with Gasteiger partial charge >= 0.3 is 6.61 Å². The van der Waals surface area contributed by atoms with Crippen molar-refractivity contribution < 1.29 is 23.0 Å². The van der Waals surface area contributed by atoms with Crippen LogP contribution in [0.1, 0.15) is 18.9 Å². The summed E-state index contributed by atoms with van der Waals surface area (Å²) in [7, 11) is 1.41. The molecule has 0 spiro atoms. The number of aliphatic imine (C=N–C) groups is 1. The van der Waals surface area contributed by atoms with E-state index in [9.17, 15) is 8.78 Å². The monoisotopic (exact) mass is 400 g/mol. The number of alkyl halides is 2. The summed E-state index contributed by atoms with van der Waals surface area (Å²) in [5.74, 6) is 0.964. The molecule has 2 N–H and O–H groups in total. The number of guanidine groups is 1. The number of benzene rings is 1. The molecule has 7 nitrogen and oxygen atoms in total. The van der Waals surface area contributed by atoms with Crippen molar-refractivity contribution in [1.29, 1.82) is 0 Å². The molecule has 1 aromatic carbocycles. The lowest BCUT2D eigenvalue weighted by Crippen LogP contribution is -2.40. The van der Waals surface area contributed by atoms with Crippen molar-refractivity contribution in [3.05, 3.63) is 23.8 Å². The molecule has 28 heavy (non-hydrogen) atoms. The van der Waals surface area contributed by atoms with Gasteiger partial charge in [-0.1, -0.05) is 6.07 Å². The number of nitrogens with one attached hydrogen (secondary N) is 2. The largest absolute Gasteiger partial charge is 0.493 e. The molecule has 1 aliphatic rings. The maximum atomic E-state index is 12.6. The number of halogens is 2. The van der Waals surface area contributed by atoms with Gasteiger partial charge in [0.25, 0.3) is 0 Å². The second-order valence-electron chi connectivity index (χ2n) is 6.29. The molecule has 0 aromatic heterocycles. The van der Waals surface area contributed by atoms with Crippen molar-refractivity contribution in [3.63, 3.8) is 0 Å². The van der Waals surface area contributed by atoms with E-state index < -0.39 is 6.61 Å². The Morgan fingerprint density at radius 2 is 2.04 bits per heavy atom. The summed E-state index contributed by atoms with van der Waals surface area (Å²) < 4.78 is 40.0. The number of nitrogens with zero attached hydrogens (tertiary/aromatic N) is 2. The van der Waals surface area contributed by atoms with Crippen molar-refractivity contribution in [2.45, 2.75) is 26.5 Å². The fourth-order valence-corrected chi connectivity index (χ4v) is 2.85. The van der Waals surface area contributed by atoms with Crippen LogP contribution in [0.5, 0.6) is 11.5 Å². The number of hydrogen-bond donors (Lipinski definition) is 2. The first-order valence-corrected chi connectivity index (χ1v) is 9.56. The highest BCUT2D eigenvalue weighted by Crippen LogP contribution is 2.29. The van der Waals surface area contributed by atoms with Crippen LogP contribution in [0, 0.1) is 0 Å². The lowest BCUT2D eigenvalue weighted by molar-refractivity contribution is -0.0512. The number of hydrogen-bond acceptors (Lipinski definition) is 5. The molecule has 9 heteroatoms. The van der Waals surface area contributed by atoms with E-state index in [4.69, 9.17) is 9.47 Å². The first kappa shape index (κ1) is 22.2. The molecule has 1 fully saturated rings. The zero-order chi connectivity index (χ0) is 20.2. The molecule has 0 atom stereocenters. The number of ether oxygens (including phenoxy) is 3. The Morgan fingerprint density at radius 1 is 1.25 bits per heavy atom. The first-order valence-electron chi connectivity index (χ1n) is 9.56. The van der Waals surface area contributed by atoms with Crippen molar-refractivity contribution >= 4 is 5.96 Å². The predicted molar refractivity (Wildman–Crippen MR) is 104 cm³/mol. The van der Waals surface area contributed by atoms with Crippen LogP contribution >= 0.6 is 0 Å². The fourth-order valence-electron chi connectivity index (χ4n) is 2.85. The van der Waals surface area contributed by atoms with E-state index in [2.05, 4.69) is 25.3 Å². The molecule has 0 aliphatic carbocycles. The normalized spacial score (nSPS) is 15.5. The van der Waals surface area contributed by atoms with Crippen LogP contribution < -0.4 is 20.1 Å². The molecule has 0 unspecified atom stereocenters. The van der Waals surface area contributed by atoms with Crippen LogP contribution in [0.15, 0.2) is 23.2 Å². The highest BCUT2D eigenvalue weighted by Gasteiger charge is 2.12. The molecule has 1 aromatic rings. The van der Waals surface area contributed by atoms with E-state index in [1.54, 1.807) is 12.1 Å². The molecule has 0 amide bonds. The van der Waals surface area contributed by atoms with E-state index in [-0.39, 0.29) is 11.5 Å². The summed E-state index contributed by atoms with van der Waals surface area (Å²) in [4.78, 5) is 6.91. The van der Waals surface area contributed by atoms with Crippen molar-refractivity contribution in [2.24, 2.45) is 4.99 Å². The van der Waals surface area contributed by atoms with Crippen molar-refractivity contribution in [3.8, 4) is 11.5 Å². The average Bonchev–Trinajstić information content (AvgIpc) is 2.69. The van der Waals surface area contributed by atoms with E-state index in [0.29, 0.717) is 12.5 Å². The summed E-state index contributed by atoms with van der Waals surface area (Å²) in [6, 6.07) is 4.91. The fraction of sp³-hybridized carbons (Fsp3) is 0.632.